The highest BCUT2D eigenvalue weighted by Gasteiger charge is 2.28. The molecule has 1 aliphatic carbocycles. The maximum absolute atomic E-state index is 13.2. The van der Waals surface area contributed by atoms with Gasteiger partial charge in [0.05, 0.1) is 11.4 Å². The summed E-state index contributed by atoms with van der Waals surface area (Å²) in [6.45, 7) is 4.48. The van der Waals surface area contributed by atoms with Gasteiger partial charge in [0.2, 0.25) is 15.9 Å². The Hall–Kier alpha value is -1.44. The van der Waals surface area contributed by atoms with Gasteiger partial charge in [-0.3, -0.25) is 9.69 Å². The zero-order valence-electron chi connectivity index (χ0n) is 18.0. The van der Waals surface area contributed by atoms with Crippen molar-refractivity contribution in [2.75, 3.05) is 45.8 Å². The number of carbonyl (C=O) groups is 1. The lowest BCUT2D eigenvalue weighted by Gasteiger charge is -2.24. The van der Waals surface area contributed by atoms with Gasteiger partial charge in [-0.15, -0.1) is 0 Å². The molecule has 0 N–H and O–H groups in total. The Morgan fingerprint density at radius 2 is 1.50 bits per heavy atom. The van der Waals surface area contributed by atoms with Crippen molar-refractivity contribution in [2.24, 2.45) is 0 Å². The van der Waals surface area contributed by atoms with E-state index in [0.717, 1.165) is 38.9 Å². The van der Waals surface area contributed by atoms with Crippen molar-refractivity contribution in [3.05, 3.63) is 29.8 Å². The lowest BCUT2D eigenvalue weighted by Crippen LogP contribution is -2.41. The number of rotatable bonds is 5. The molecule has 1 aromatic carbocycles. The van der Waals surface area contributed by atoms with Crippen LogP contribution in [-0.4, -0.2) is 74.2 Å². The highest BCUT2D eigenvalue weighted by atomic mass is 32.2. The Kier molecular flexibility index (Phi) is 7.11. The van der Waals surface area contributed by atoms with E-state index in [1.54, 1.807) is 16.4 Å². The molecule has 1 aromatic rings. The lowest BCUT2D eigenvalue weighted by atomic mass is 9.84. The average molecular weight is 434 g/mol. The molecular formula is C23H35N3O3S. The van der Waals surface area contributed by atoms with Crippen molar-refractivity contribution in [3.8, 4) is 0 Å². The van der Waals surface area contributed by atoms with Crippen molar-refractivity contribution in [1.29, 1.82) is 0 Å². The molecule has 2 saturated heterocycles. The molecule has 0 unspecified atom stereocenters. The number of carbonyl (C=O) groups excluding carboxylic acids is 1. The van der Waals surface area contributed by atoms with E-state index in [-0.39, 0.29) is 5.91 Å². The van der Waals surface area contributed by atoms with Gasteiger partial charge in [0.1, 0.15) is 0 Å². The number of benzene rings is 1. The Balaban J connectivity index is 1.36. The van der Waals surface area contributed by atoms with Crippen LogP contribution < -0.4 is 0 Å². The predicted molar refractivity (Wildman–Crippen MR) is 118 cm³/mol. The van der Waals surface area contributed by atoms with E-state index < -0.39 is 10.0 Å². The highest BCUT2D eigenvalue weighted by Crippen LogP contribution is 2.33. The van der Waals surface area contributed by atoms with E-state index in [9.17, 15) is 13.2 Å². The fourth-order valence-electron chi connectivity index (χ4n) is 5.10. The molecule has 0 radical (unpaired) electrons. The lowest BCUT2D eigenvalue weighted by molar-refractivity contribution is -0.131. The first-order valence-electron chi connectivity index (χ1n) is 11.6. The molecule has 7 heteroatoms. The van der Waals surface area contributed by atoms with Gasteiger partial charge in [0, 0.05) is 32.7 Å². The van der Waals surface area contributed by atoms with Crippen molar-refractivity contribution >= 4 is 15.9 Å². The minimum Gasteiger partial charge on any atom is -0.342 e. The van der Waals surface area contributed by atoms with Crippen molar-refractivity contribution < 1.29 is 13.2 Å². The van der Waals surface area contributed by atoms with Gasteiger partial charge in [0.15, 0.2) is 0 Å². The number of hydrogen-bond acceptors (Lipinski definition) is 4. The second-order valence-corrected chi connectivity index (χ2v) is 11.0. The Morgan fingerprint density at radius 3 is 2.20 bits per heavy atom. The van der Waals surface area contributed by atoms with E-state index in [4.69, 9.17) is 0 Å². The molecule has 2 aliphatic heterocycles. The van der Waals surface area contributed by atoms with Crippen LogP contribution in [0, 0.1) is 0 Å². The zero-order valence-corrected chi connectivity index (χ0v) is 18.8. The van der Waals surface area contributed by atoms with Crippen molar-refractivity contribution in [1.82, 2.24) is 14.1 Å². The van der Waals surface area contributed by atoms with Gasteiger partial charge in [-0.05, 0) is 62.3 Å². The summed E-state index contributed by atoms with van der Waals surface area (Å²) in [6, 6.07) is 7.61. The van der Waals surface area contributed by atoms with Gasteiger partial charge in [-0.2, -0.15) is 4.31 Å². The van der Waals surface area contributed by atoms with Crippen LogP contribution >= 0.6 is 0 Å². The van der Waals surface area contributed by atoms with E-state index in [1.165, 1.54) is 37.7 Å². The molecular weight excluding hydrogens is 398 g/mol. The minimum atomic E-state index is -3.49. The first kappa shape index (κ1) is 21.8. The standard InChI is InChI=1S/C23H35N3O3S/c27-23(25-14-4-5-15-25)19-24-13-6-16-26(18-17-24)30(28,29)22-11-9-21(10-12-22)20-7-2-1-3-8-20/h9-12,20H,1-8,13-19H2. The Bertz CT molecular complexity index is 813. The highest BCUT2D eigenvalue weighted by molar-refractivity contribution is 7.89. The predicted octanol–water partition coefficient (Wildman–Crippen LogP) is 3.05. The molecule has 1 amide bonds. The number of hydrogen-bond donors (Lipinski definition) is 0. The normalized spacial score (nSPS) is 22.9. The van der Waals surface area contributed by atoms with Crippen LogP contribution in [0.2, 0.25) is 0 Å². The maximum atomic E-state index is 13.2. The van der Waals surface area contributed by atoms with E-state index in [2.05, 4.69) is 4.90 Å². The summed E-state index contributed by atoms with van der Waals surface area (Å²) in [4.78, 5) is 16.9. The van der Waals surface area contributed by atoms with Crippen molar-refractivity contribution in [3.63, 3.8) is 0 Å². The van der Waals surface area contributed by atoms with Crippen molar-refractivity contribution in [2.45, 2.75) is 62.2 Å². The van der Waals surface area contributed by atoms with Gasteiger partial charge < -0.3 is 4.90 Å². The van der Waals surface area contributed by atoms with Crippen LogP contribution in [0.4, 0.5) is 0 Å². The third kappa shape index (κ3) is 5.06. The average Bonchev–Trinajstić information content (AvgIpc) is 3.21. The molecule has 4 rings (SSSR count). The van der Waals surface area contributed by atoms with Crippen LogP contribution in [0.5, 0.6) is 0 Å². The fraction of sp³-hybridized carbons (Fsp3) is 0.696. The topological polar surface area (TPSA) is 60.9 Å². The SMILES string of the molecule is O=C(CN1CCCN(S(=O)(=O)c2ccc(C3CCCCC3)cc2)CC1)N1CCCC1. The van der Waals surface area contributed by atoms with Crippen LogP contribution in [0.1, 0.15) is 62.8 Å². The van der Waals surface area contributed by atoms with E-state index in [1.807, 2.05) is 17.0 Å². The van der Waals surface area contributed by atoms with Gasteiger partial charge >= 0.3 is 0 Å². The molecule has 0 spiro atoms. The molecule has 30 heavy (non-hydrogen) atoms. The summed E-state index contributed by atoms with van der Waals surface area (Å²) in [5.74, 6) is 0.762. The molecule has 1 saturated carbocycles. The first-order chi connectivity index (χ1) is 14.5. The molecule has 3 fully saturated rings. The van der Waals surface area contributed by atoms with Gasteiger partial charge in [-0.25, -0.2) is 8.42 Å². The number of amides is 1. The summed E-state index contributed by atoms with van der Waals surface area (Å²) in [7, 11) is -3.49. The summed E-state index contributed by atoms with van der Waals surface area (Å²) < 4.78 is 28.0. The quantitative estimate of drug-likeness (QED) is 0.716. The van der Waals surface area contributed by atoms with E-state index >= 15 is 0 Å². The zero-order chi connectivity index (χ0) is 21.0. The maximum Gasteiger partial charge on any atom is 0.243 e. The molecule has 0 aromatic heterocycles. The minimum absolute atomic E-state index is 0.183. The summed E-state index contributed by atoms with van der Waals surface area (Å²) >= 11 is 0. The molecule has 166 valence electrons. The van der Waals surface area contributed by atoms with Crippen LogP contribution in [-0.2, 0) is 14.8 Å². The first-order valence-corrected chi connectivity index (χ1v) is 13.1. The third-order valence-electron chi connectivity index (χ3n) is 6.96. The Morgan fingerprint density at radius 1 is 0.800 bits per heavy atom. The second-order valence-electron chi connectivity index (χ2n) is 9.03. The molecule has 0 atom stereocenters. The second kappa shape index (κ2) is 9.79. The largest absolute Gasteiger partial charge is 0.342 e. The van der Waals surface area contributed by atoms with E-state index in [0.29, 0.717) is 37.0 Å². The van der Waals surface area contributed by atoms with Gasteiger partial charge in [-0.1, -0.05) is 31.4 Å². The Labute approximate surface area is 181 Å². The fourth-order valence-corrected chi connectivity index (χ4v) is 6.57. The summed E-state index contributed by atoms with van der Waals surface area (Å²) in [5.41, 5.74) is 1.27. The summed E-state index contributed by atoms with van der Waals surface area (Å²) in [5, 5.41) is 0. The molecule has 2 heterocycles. The molecule has 6 nitrogen and oxygen atoms in total. The van der Waals surface area contributed by atoms with Gasteiger partial charge in [0.25, 0.3) is 0 Å². The van der Waals surface area contributed by atoms with Crippen LogP contribution in [0.25, 0.3) is 0 Å². The smallest absolute Gasteiger partial charge is 0.243 e. The molecule has 0 bridgehead atoms. The van der Waals surface area contributed by atoms with Crippen LogP contribution in [0.3, 0.4) is 0 Å². The number of likely N-dealkylation sites (tertiary alicyclic amines) is 1. The molecule has 3 aliphatic rings. The third-order valence-corrected chi connectivity index (χ3v) is 8.87. The summed E-state index contributed by atoms with van der Waals surface area (Å²) in [6.07, 6.45) is 9.23. The number of nitrogens with zero attached hydrogens (tertiary/aromatic N) is 3. The number of sulfonamides is 1. The van der Waals surface area contributed by atoms with Crippen LogP contribution in [0.15, 0.2) is 29.2 Å². The monoisotopic (exact) mass is 433 g/mol.